The number of likely N-dealkylation sites (N-methyl/N-ethyl adjacent to an activating group) is 1. The monoisotopic (exact) mass is 225 g/mol. The molecule has 0 saturated carbocycles. The van der Waals surface area contributed by atoms with E-state index in [4.69, 9.17) is 4.74 Å². The molecule has 2 atom stereocenters. The van der Waals surface area contributed by atoms with Gasteiger partial charge in [0.15, 0.2) is 0 Å². The van der Waals surface area contributed by atoms with Crippen LogP contribution < -0.4 is 5.32 Å². The third-order valence-corrected chi connectivity index (χ3v) is 3.15. The highest BCUT2D eigenvalue weighted by Gasteiger charge is 2.30. The second-order valence-corrected chi connectivity index (χ2v) is 4.58. The Morgan fingerprint density at radius 2 is 2.31 bits per heavy atom. The first-order valence-corrected chi connectivity index (χ1v) is 6.13. The largest absolute Gasteiger partial charge is 0.378 e. The van der Waals surface area contributed by atoms with Gasteiger partial charge in [-0.15, -0.1) is 0 Å². The fourth-order valence-corrected chi connectivity index (χ4v) is 2.20. The molecule has 2 unspecified atom stereocenters. The van der Waals surface area contributed by atoms with E-state index in [9.17, 15) is 5.26 Å². The quantitative estimate of drug-likeness (QED) is 0.758. The summed E-state index contributed by atoms with van der Waals surface area (Å²) in [6, 6.07) is 2.84. The molecule has 0 aromatic heterocycles. The molecule has 1 aliphatic heterocycles. The van der Waals surface area contributed by atoms with Gasteiger partial charge in [0.2, 0.25) is 0 Å². The normalized spacial score (nSPS) is 26.0. The molecule has 0 spiro atoms. The van der Waals surface area contributed by atoms with Crippen LogP contribution in [0.15, 0.2) is 0 Å². The molecule has 0 amide bonds. The van der Waals surface area contributed by atoms with E-state index in [0.717, 1.165) is 39.3 Å². The molecule has 1 fully saturated rings. The van der Waals surface area contributed by atoms with E-state index in [-0.39, 0.29) is 0 Å². The lowest BCUT2D eigenvalue weighted by atomic mass is 10.0. The first kappa shape index (κ1) is 13.4. The van der Waals surface area contributed by atoms with Gasteiger partial charge in [0.1, 0.15) is 5.54 Å². The van der Waals surface area contributed by atoms with Crippen LogP contribution >= 0.6 is 0 Å². The van der Waals surface area contributed by atoms with Gasteiger partial charge in [0, 0.05) is 19.1 Å². The third-order valence-electron chi connectivity index (χ3n) is 3.15. The molecular formula is C12H23N3O. The van der Waals surface area contributed by atoms with Gasteiger partial charge in [-0.2, -0.15) is 5.26 Å². The van der Waals surface area contributed by atoms with Crippen molar-refractivity contribution in [2.24, 2.45) is 0 Å². The van der Waals surface area contributed by atoms with Crippen LogP contribution in [0, 0.1) is 11.3 Å². The molecule has 1 rings (SSSR count). The maximum atomic E-state index is 9.24. The van der Waals surface area contributed by atoms with E-state index in [0.29, 0.717) is 6.04 Å². The zero-order valence-corrected chi connectivity index (χ0v) is 10.6. The molecule has 1 aliphatic rings. The molecule has 4 heteroatoms. The zero-order valence-electron chi connectivity index (χ0n) is 10.6. The van der Waals surface area contributed by atoms with Crippen LogP contribution in [0.3, 0.4) is 0 Å². The number of rotatable bonds is 5. The molecule has 0 aromatic rings. The second kappa shape index (κ2) is 6.19. The average molecular weight is 225 g/mol. The van der Waals surface area contributed by atoms with Crippen LogP contribution in [0.5, 0.6) is 0 Å². The molecule has 92 valence electrons. The standard InChI is InChI=1S/C12H23N3O/c1-4-11-8-16-7-6-15(11)10-12(3,9-13)14-5-2/h11,14H,4-8,10H2,1-3H3. The number of ether oxygens (including phenoxy) is 1. The Morgan fingerprint density at radius 3 is 2.88 bits per heavy atom. The van der Waals surface area contributed by atoms with E-state index in [1.807, 2.05) is 13.8 Å². The van der Waals surface area contributed by atoms with E-state index < -0.39 is 5.54 Å². The predicted molar refractivity (Wildman–Crippen MR) is 64.2 cm³/mol. The summed E-state index contributed by atoms with van der Waals surface area (Å²) in [6.07, 6.45) is 1.08. The Kier molecular flexibility index (Phi) is 5.20. The summed E-state index contributed by atoms with van der Waals surface area (Å²) in [5, 5.41) is 12.5. The van der Waals surface area contributed by atoms with Gasteiger partial charge in [-0.25, -0.2) is 0 Å². The van der Waals surface area contributed by atoms with Gasteiger partial charge < -0.3 is 4.74 Å². The molecule has 0 radical (unpaired) electrons. The molecule has 4 nitrogen and oxygen atoms in total. The summed E-state index contributed by atoms with van der Waals surface area (Å²) in [5.74, 6) is 0. The summed E-state index contributed by atoms with van der Waals surface area (Å²) < 4.78 is 5.47. The number of nitrogens with one attached hydrogen (secondary N) is 1. The topological polar surface area (TPSA) is 48.3 Å². The molecule has 1 heterocycles. The number of nitriles is 1. The van der Waals surface area contributed by atoms with E-state index in [1.165, 1.54) is 0 Å². The van der Waals surface area contributed by atoms with Crippen molar-refractivity contribution in [1.82, 2.24) is 10.2 Å². The lowest BCUT2D eigenvalue weighted by Gasteiger charge is -2.39. The van der Waals surface area contributed by atoms with Crippen LogP contribution in [0.1, 0.15) is 27.2 Å². The molecule has 0 aliphatic carbocycles. The first-order valence-electron chi connectivity index (χ1n) is 6.13. The Bertz CT molecular complexity index is 251. The fraction of sp³-hybridized carbons (Fsp3) is 0.917. The molecule has 1 saturated heterocycles. The van der Waals surface area contributed by atoms with E-state index in [2.05, 4.69) is 23.2 Å². The Labute approximate surface area is 98.6 Å². The van der Waals surface area contributed by atoms with Gasteiger partial charge in [-0.3, -0.25) is 10.2 Å². The van der Waals surface area contributed by atoms with Crippen LogP contribution in [-0.4, -0.2) is 49.3 Å². The summed E-state index contributed by atoms with van der Waals surface area (Å²) >= 11 is 0. The van der Waals surface area contributed by atoms with Gasteiger partial charge >= 0.3 is 0 Å². The number of nitrogens with zero attached hydrogens (tertiary/aromatic N) is 2. The molecule has 1 N–H and O–H groups in total. The minimum atomic E-state index is -0.445. The van der Waals surface area contributed by atoms with Crippen molar-refractivity contribution in [1.29, 1.82) is 5.26 Å². The third kappa shape index (κ3) is 3.44. The second-order valence-electron chi connectivity index (χ2n) is 4.58. The van der Waals surface area contributed by atoms with Gasteiger partial charge in [-0.1, -0.05) is 13.8 Å². The minimum Gasteiger partial charge on any atom is -0.378 e. The van der Waals surface area contributed by atoms with E-state index in [1.54, 1.807) is 0 Å². The highest BCUT2D eigenvalue weighted by atomic mass is 16.5. The minimum absolute atomic E-state index is 0.445. The van der Waals surface area contributed by atoms with Crippen LogP contribution in [0.25, 0.3) is 0 Å². The van der Waals surface area contributed by atoms with Crippen molar-refractivity contribution in [2.75, 3.05) is 32.8 Å². The molecule has 0 aromatic carbocycles. The smallest absolute Gasteiger partial charge is 0.116 e. The average Bonchev–Trinajstić information content (AvgIpc) is 2.30. The van der Waals surface area contributed by atoms with Gasteiger partial charge in [0.05, 0.1) is 19.3 Å². The highest BCUT2D eigenvalue weighted by molar-refractivity contribution is 5.06. The lowest BCUT2D eigenvalue weighted by Crippen LogP contribution is -2.56. The molecule has 16 heavy (non-hydrogen) atoms. The molecular weight excluding hydrogens is 202 g/mol. The van der Waals surface area contributed by atoms with Crippen LogP contribution in [0.2, 0.25) is 0 Å². The Hall–Kier alpha value is -0.630. The SMILES string of the molecule is CCNC(C)(C#N)CN1CCOCC1CC. The maximum absolute atomic E-state index is 9.24. The maximum Gasteiger partial charge on any atom is 0.116 e. The zero-order chi connectivity index (χ0) is 12.0. The van der Waals surface area contributed by atoms with Crippen LogP contribution in [-0.2, 0) is 4.74 Å². The first-order chi connectivity index (χ1) is 7.65. The number of morpholine rings is 1. The Balaban J connectivity index is 2.59. The predicted octanol–water partition coefficient (Wildman–Crippen LogP) is 0.989. The summed E-state index contributed by atoms with van der Waals surface area (Å²) in [6.45, 7) is 10.3. The van der Waals surface area contributed by atoms with Gasteiger partial charge in [0.25, 0.3) is 0 Å². The van der Waals surface area contributed by atoms with Crippen molar-refractivity contribution in [2.45, 2.75) is 38.8 Å². The molecule has 0 bridgehead atoms. The summed E-state index contributed by atoms with van der Waals surface area (Å²) in [7, 11) is 0. The number of hydrogen-bond donors (Lipinski definition) is 1. The highest BCUT2D eigenvalue weighted by Crippen LogP contribution is 2.14. The summed E-state index contributed by atoms with van der Waals surface area (Å²) in [5.41, 5.74) is -0.445. The lowest BCUT2D eigenvalue weighted by molar-refractivity contribution is -0.0157. The number of hydrogen-bond acceptors (Lipinski definition) is 4. The van der Waals surface area contributed by atoms with Crippen LogP contribution in [0.4, 0.5) is 0 Å². The van der Waals surface area contributed by atoms with Crippen molar-refractivity contribution in [3.63, 3.8) is 0 Å². The van der Waals surface area contributed by atoms with Gasteiger partial charge in [-0.05, 0) is 19.9 Å². The fourth-order valence-electron chi connectivity index (χ4n) is 2.20. The summed E-state index contributed by atoms with van der Waals surface area (Å²) in [4.78, 5) is 2.37. The van der Waals surface area contributed by atoms with Crippen molar-refractivity contribution < 1.29 is 4.74 Å². The van der Waals surface area contributed by atoms with Crippen molar-refractivity contribution in [3.8, 4) is 6.07 Å². The van der Waals surface area contributed by atoms with Crippen molar-refractivity contribution in [3.05, 3.63) is 0 Å². The van der Waals surface area contributed by atoms with E-state index >= 15 is 0 Å². The van der Waals surface area contributed by atoms with Crippen molar-refractivity contribution >= 4 is 0 Å². The Morgan fingerprint density at radius 1 is 1.56 bits per heavy atom.